The predicted molar refractivity (Wildman–Crippen MR) is 81.6 cm³/mol. The van der Waals surface area contributed by atoms with Crippen molar-refractivity contribution in [1.82, 2.24) is 15.0 Å². The molecule has 0 amide bonds. The quantitative estimate of drug-likeness (QED) is 0.768. The average molecular weight is 294 g/mol. The van der Waals surface area contributed by atoms with Gasteiger partial charge >= 0.3 is 5.97 Å². The SMILES string of the molecule is NCc1nnn(-c2ccc(C(=O)O)cc2)c1-c1ccccc1. The lowest BCUT2D eigenvalue weighted by Crippen LogP contribution is -2.03. The van der Waals surface area contributed by atoms with Crippen molar-refractivity contribution in [1.29, 1.82) is 0 Å². The van der Waals surface area contributed by atoms with E-state index in [2.05, 4.69) is 10.3 Å². The topological polar surface area (TPSA) is 94.0 Å². The van der Waals surface area contributed by atoms with Crippen LogP contribution in [0.3, 0.4) is 0 Å². The standard InChI is InChI=1S/C16H14N4O2/c17-10-14-15(11-4-2-1-3-5-11)20(19-18-14)13-8-6-12(7-9-13)16(21)22/h1-9H,10,17H2,(H,21,22). The molecular weight excluding hydrogens is 280 g/mol. The van der Waals surface area contributed by atoms with E-state index in [0.29, 0.717) is 5.69 Å². The smallest absolute Gasteiger partial charge is 0.335 e. The number of hydrogen-bond acceptors (Lipinski definition) is 4. The average Bonchev–Trinajstić information content (AvgIpc) is 2.99. The van der Waals surface area contributed by atoms with Crippen molar-refractivity contribution in [3.63, 3.8) is 0 Å². The lowest BCUT2D eigenvalue weighted by Gasteiger charge is -2.08. The van der Waals surface area contributed by atoms with Gasteiger partial charge in [0.1, 0.15) is 5.69 Å². The fourth-order valence-corrected chi connectivity index (χ4v) is 2.26. The van der Waals surface area contributed by atoms with Gasteiger partial charge in [0, 0.05) is 12.1 Å². The van der Waals surface area contributed by atoms with Gasteiger partial charge in [-0.3, -0.25) is 0 Å². The number of carbonyl (C=O) groups is 1. The molecule has 3 N–H and O–H groups in total. The van der Waals surface area contributed by atoms with Gasteiger partial charge in [-0.25, -0.2) is 9.48 Å². The molecule has 6 heteroatoms. The van der Waals surface area contributed by atoms with Gasteiger partial charge in [0.05, 0.1) is 16.9 Å². The summed E-state index contributed by atoms with van der Waals surface area (Å²) >= 11 is 0. The highest BCUT2D eigenvalue weighted by Crippen LogP contribution is 2.25. The minimum atomic E-state index is -0.962. The molecule has 0 unspecified atom stereocenters. The van der Waals surface area contributed by atoms with E-state index in [4.69, 9.17) is 10.8 Å². The summed E-state index contributed by atoms with van der Waals surface area (Å²) in [6.07, 6.45) is 0. The number of carboxylic acid groups (broad SMARTS) is 1. The molecule has 1 heterocycles. The van der Waals surface area contributed by atoms with Gasteiger partial charge in [-0.05, 0) is 24.3 Å². The number of hydrogen-bond donors (Lipinski definition) is 2. The van der Waals surface area contributed by atoms with E-state index < -0.39 is 5.97 Å². The van der Waals surface area contributed by atoms with Crippen LogP contribution < -0.4 is 5.73 Å². The summed E-state index contributed by atoms with van der Waals surface area (Å²) in [6, 6.07) is 16.2. The normalized spacial score (nSPS) is 10.6. The number of aromatic carboxylic acids is 1. The number of nitrogens with two attached hydrogens (primary N) is 1. The zero-order valence-electron chi connectivity index (χ0n) is 11.7. The van der Waals surface area contributed by atoms with Crippen molar-refractivity contribution in [2.24, 2.45) is 5.73 Å². The molecule has 0 aliphatic carbocycles. The first kappa shape index (κ1) is 14.0. The Hall–Kier alpha value is -2.99. The van der Waals surface area contributed by atoms with Gasteiger partial charge in [-0.1, -0.05) is 35.5 Å². The Labute approximate surface area is 126 Å². The van der Waals surface area contributed by atoms with Crippen molar-refractivity contribution < 1.29 is 9.90 Å². The summed E-state index contributed by atoms with van der Waals surface area (Å²) < 4.78 is 1.67. The predicted octanol–water partition coefficient (Wildman–Crippen LogP) is 2.09. The van der Waals surface area contributed by atoms with Crippen LogP contribution >= 0.6 is 0 Å². The van der Waals surface area contributed by atoms with Crippen LogP contribution in [0, 0.1) is 0 Å². The number of rotatable bonds is 4. The molecule has 0 spiro atoms. The van der Waals surface area contributed by atoms with Gasteiger partial charge < -0.3 is 10.8 Å². The Balaban J connectivity index is 2.12. The third-order valence-electron chi connectivity index (χ3n) is 3.34. The van der Waals surface area contributed by atoms with Crippen molar-refractivity contribution >= 4 is 5.97 Å². The molecule has 0 bridgehead atoms. The highest BCUT2D eigenvalue weighted by atomic mass is 16.4. The Bertz CT molecular complexity index is 795. The summed E-state index contributed by atoms with van der Waals surface area (Å²) in [5.74, 6) is -0.962. The lowest BCUT2D eigenvalue weighted by atomic mass is 10.1. The molecule has 0 fully saturated rings. The van der Waals surface area contributed by atoms with Gasteiger partial charge in [0.2, 0.25) is 0 Å². The van der Waals surface area contributed by atoms with E-state index in [9.17, 15) is 4.79 Å². The Morgan fingerprint density at radius 2 is 1.77 bits per heavy atom. The molecule has 0 radical (unpaired) electrons. The molecule has 110 valence electrons. The van der Waals surface area contributed by atoms with Crippen LogP contribution in [-0.4, -0.2) is 26.1 Å². The molecule has 0 atom stereocenters. The van der Waals surface area contributed by atoms with Crippen molar-refractivity contribution in [3.8, 4) is 16.9 Å². The maximum atomic E-state index is 10.9. The van der Waals surface area contributed by atoms with Gasteiger partial charge in [-0.15, -0.1) is 5.10 Å². The Kier molecular flexibility index (Phi) is 3.67. The van der Waals surface area contributed by atoms with E-state index >= 15 is 0 Å². The second-order valence-electron chi connectivity index (χ2n) is 4.72. The fraction of sp³-hybridized carbons (Fsp3) is 0.0625. The number of aromatic nitrogens is 3. The Morgan fingerprint density at radius 1 is 1.09 bits per heavy atom. The highest BCUT2D eigenvalue weighted by Gasteiger charge is 2.15. The van der Waals surface area contributed by atoms with Crippen molar-refractivity contribution in [2.45, 2.75) is 6.54 Å². The summed E-state index contributed by atoms with van der Waals surface area (Å²) in [6.45, 7) is 0.275. The first-order chi connectivity index (χ1) is 10.7. The maximum absolute atomic E-state index is 10.9. The van der Waals surface area contributed by atoms with Crippen LogP contribution in [0.2, 0.25) is 0 Å². The first-order valence-electron chi connectivity index (χ1n) is 6.74. The van der Waals surface area contributed by atoms with Gasteiger partial charge in [0.25, 0.3) is 0 Å². The largest absolute Gasteiger partial charge is 0.478 e. The summed E-state index contributed by atoms with van der Waals surface area (Å²) in [4.78, 5) is 10.9. The zero-order valence-corrected chi connectivity index (χ0v) is 11.7. The molecule has 0 aliphatic heterocycles. The minimum absolute atomic E-state index is 0.226. The zero-order chi connectivity index (χ0) is 15.5. The monoisotopic (exact) mass is 294 g/mol. The second kappa shape index (κ2) is 5.79. The van der Waals surface area contributed by atoms with Crippen LogP contribution in [0.5, 0.6) is 0 Å². The number of benzene rings is 2. The van der Waals surface area contributed by atoms with Gasteiger partial charge in [0.15, 0.2) is 0 Å². The molecule has 0 saturated carbocycles. The molecule has 1 aromatic heterocycles. The number of nitrogens with zero attached hydrogens (tertiary/aromatic N) is 3. The van der Waals surface area contributed by atoms with Crippen LogP contribution in [0.25, 0.3) is 16.9 Å². The maximum Gasteiger partial charge on any atom is 0.335 e. The van der Waals surface area contributed by atoms with E-state index in [1.165, 1.54) is 12.1 Å². The molecule has 6 nitrogen and oxygen atoms in total. The van der Waals surface area contributed by atoms with Gasteiger partial charge in [-0.2, -0.15) is 0 Å². The number of carboxylic acids is 1. The first-order valence-corrected chi connectivity index (χ1v) is 6.74. The lowest BCUT2D eigenvalue weighted by molar-refractivity contribution is 0.0697. The molecule has 0 saturated heterocycles. The fourth-order valence-electron chi connectivity index (χ4n) is 2.26. The van der Waals surface area contributed by atoms with Crippen LogP contribution in [0.4, 0.5) is 0 Å². The molecular formula is C16H14N4O2. The van der Waals surface area contributed by atoms with E-state index in [1.807, 2.05) is 30.3 Å². The van der Waals surface area contributed by atoms with Crippen LogP contribution in [0.15, 0.2) is 54.6 Å². The van der Waals surface area contributed by atoms with E-state index in [0.717, 1.165) is 16.9 Å². The molecule has 2 aromatic carbocycles. The summed E-state index contributed by atoms with van der Waals surface area (Å²) in [5, 5.41) is 17.2. The Morgan fingerprint density at radius 3 is 2.36 bits per heavy atom. The second-order valence-corrected chi connectivity index (χ2v) is 4.72. The third-order valence-corrected chi connectivity index (χ3v) is 3.34. The van der Waals surface area contributed by atoms with E-state index in [1.54, 1.807) is 16.8 Å². The molecule has 3 aromatic rings. The van der Waals surface area contributed by atoms with Crippen LogP contribution in [-0.2, 0) is 6.54 Å². The highest BCUT2D eigenvalue weighted by molar-refractivity contribution is 5.87. The molecule has 0 aliphatic rings. The molecule has 22 heavy (non-hydrogen) atoms. The minimum Gasteiger partial charge on any atom is -0.478 e. The van der Waals surface area contributed by atoms with Crippen LogP contribution in [0.1, 0.15) is 16.1 Å². The third kappa shape index (κ3) is 2.47. The summed E-state index contributed by atoms with van der Waals surface area (Å²) in [5.41, 5.74) is 9.16. The van der Waals surface area contributed by atoms with E-state index in [-0.39, 0.29) is 12.1 Å². The molecule has 3 rings (SSSR count). The van der Waals surface area contributed by atoms with Crippen molar-refractivity contribution in [2.75, 3.05) is 0 Å². The summed E-state index contributed by atoms with van der Waals surface area (Å²) in [7, 11) is 0. The van der Waals surface area contributed by atoms with Crippen molar-refractivity contribution in [3.05, 3.63) is 65.9 Å².